The third kappa shape index (κ3) is 5.34. The predicted octanol–water partition coefficient (Wildman–Crippen LogP) is 2.00. The van der Waals surface area contributed by atoms with E-state index in [4.69, 9.17) is 4.99 Å². The van der Waals surface area contributed by atoms with Crippen molar-refractivity contribution in [1.82, 2.24) is 25.1 Å². The zero-order chi connectivity index (χ0) is 19.8. The van der Waals surface area contributed by atoms with Crippen molar-refractivity contribution in [1.29, 1.82) is 0 Å². The minimum Gasteiger partial charge on any atom is -0.357 e. The maximum absolute atomic E-state index is 11.9. The molecule has 1 amide bonds. The number of carbonyl (C=O) groups is 1. The normalized spacial score (nSPS) is 17.0. The standard InChI is InChI=1S/C21H30N6O/c1-3-20(28)27-12-10-18(16-27)25-21(22-4-2)24-14-19-23-11-13-26(19)15-17-8-6-5-7-9-17/h5-9,11,13,18H,3-4,10,12,14-16H2,1-2H3,(H2,22,24,25). The summed E-state index contributed by atoms with van der Waals surface area (Å²) in [5.41, 5.74) is 1.24. The number of imidazole rings is 1. The van der Waals surface area contributed by atoms with Gasteiger partial charge >= 0.3 is 0 Å². The van der Waals surface area contributed by atoms with Crippen LogP contribution >= 0.6 is 0 Å². The molecule has 150 valence electrons. The van der Waals surface area contributed by atoms with Crippen LogP contribution in [0.2, 0.25) is 0 Å². The van der Waals surface area contributed by atoms with Crippen molar-refractivity contribution in [2.45, 2.75) is 45.8 Å². The molecule has 7 heteroatoms. The van der Waals surface area contributed by atoms with Gasteiger partial charge in [-0.2, -0.15) is 0 Å². The summed E-state index contributed by atoms with van der Waals surface area (Å²) < 4.78 is 2.12. The summed E-state index contributed by atoms with van der Waals surface area (Å²) in [7, 11) is 0. The first-order chi connectivity index (χ1) is 13.7. The van der Waals surface area contributed by atoms with E-state index in [-0.39, 0.29) is 11.9 Å². The molecule has 0 bridgehead atoms. The largest absolute Gasteiger partial charge is 0.357 e. The highest BCUT2D eigenvalue weighted by molar-refractivity contribution is 5.80. The Morgan fingerprint density at radius 1 is 1.29 bits per heavy atom. The quantitative estimate of drug-likeness (QED) is 0.567. The van der Waals surface area contributed by atoms with Crippen molar-refractivity contribution in [3.05, 3.63) is 54.1 Å². The molecule has 0 radical (unpaired) electrons. The molecule has 7 nitrogen and oxygen atoms in total. The van der Waals surface area contributed by atoms with Gasteiger partial charge in [-0.15, -0.1) is 0 Å². The van der Waals surface area contributed by atoms with Gasteiger partial charge in [0.15, 0.2) is 5.96 Å². The fourth-order valence-electron chi connectivity index (χ4n) is 3.41. The molecule has 0 saturated carbocycles. The van der Waals surface area contributed by atoms with E-state index in [2.05, 4.69) is 39.2 Å². The maximum Gasteiger partial charge on any atom is 0.222 e. The Kier molecular flexibility index (Phi) is 7.06. The van der Waals surface area contributed by atoms with Crippen molar-refractivity contribution in [3.63, 3.8) is 0 Å². The Hall–Kier alpha value is -2.83. The topological polar surface area (TPSA) is 74.6 Å². The number of nitrogens with zero attached hydrogens (tertiary/aromatic N) is 4. The van der Waals surface area contributed by atoms with E-state index in [1.54, 1.807) is 0 Å². The highest BCUT2D eigenvalue weighted by Crippen LogP contribution is 2.11. The second kappa shape index (κ2) is 9.92. The molecule has 1 atom stereocenters. The summed E-state index contributed by atoms with van der Waals surface area (Å²) in [5, 5.41) is 6.76. The van der Waals surface area contributed by atoms with E-state index < -0.39 is 0 Å². The third-order valence-electron chi connectivity index (χ3n) is 4.90. The number of hydrogen-bond acceptors (Lipinski definition) is 3. The van der Waals surface area contributed by atoms with Crippen LogP contribution in [0.4, 0.5) is 0 Å². The molecule has 0 aliphatic carbocycles. The molecule has 1 aromatic heterocycles. The number of hydrogen-bond donors (Lipinski definition) is 2. The Labute approximate surface area is 166 Å². The van der Waals surface area contributed by atoms with Crippen molar-refractivity contribution >= 4 is 11.9 Å². The molecule has 1 aromatic carbocycles. The molecule has 1 fully saturated rings. The number of guanidine groups is 1. The molecule has 1 unspecified atom stereocenters. The fraction of sp³-hybridized carbons (Fsp3) is 0.476. The minimum absolute atomic E-state index is 0.217. The molecular formula is C21H30N6O. The molecule has 2 N–H and O–H groups in total. The van der Waals surface area contributed by atoms with Gasteiger partial charge in [0, 0.05) is 51.0 Å². The number of rotatable bonds is 7. The van der Waals surface area contributed by atoms with Crippen LogP contribution in [0.1, 0.15) is 38.1 Å². The number of aliphatic imine (C=N–C) groups is 1. The van der Waals surface area contributed by atoms with Crippen LogP contribution < -0.4 is 10.6 Å². The molecule has 2 aromatic rings. The first-order valence-electron chi connectivity index (χ1n) is 10.1. The molecule has 3 rings (SSSR count). The van der Waals surface area contributed by atoms with Crippen LogP contribution in [-0.2, 0) is 17.9 Å². The van der Waals surface area contributed by atoms with Gasteiger partial charge in [-0.1, -0.05) is 37.3 Å². The number of aromatic nitrogens is 2. The number of likely N-dealkylation sites (tertiary alicyclic amines) is 1. The van der Waals surface area contributed by atoms with E-state index in [9.17, 15) is 4.79 Å². The molecule has 2 heterocycles. The van der Waals surface area contributed by atoms with E-state index in [1.165, 1.54) is 5.56 Å². The van der Waals surface area contributed by atoms with Gasteiger partial charge in [0.2, 0.25) is 5.91 Å². The highest BCUT2D eigenvalue weighted by atomic mass is 16.2. The van der Waals surface area contributed by atoms with Gasteiger partial charge in [0.05, 0.1) is 0 Å². The van der Waals surface area contributed by atoms with Gasteiger partial charge in [0.25, 0.3) is 0 Å². The molecule has 1 aliphatic heterocycles. The van der Waals surface area contributed by atoms with Gasteiger partial charge in [-0.25, -0.2) is 9.98 Å². The lowest BCUT2D eigenvalue weighted by Crippen LogP contribution is -2.45. The first-order valence-corrected chi connectivity index (χ1v) is 10.1. The summed E-state index contributed by atoms with van der Waals surface area (Å²) in [5.74, 6) is 1.91. The van der Waals surface area contributed by atoms with Crippen LogP contribution in [0.25, 0.3) is 0 Å². The van der Waals surface area contributed by atoms with E-state index in [0.29, 0.717) is 13.0 Å². The van der Waals surface area contributed by atoms with Gasteiger partial charge in [0.1, 0.15) is 12.4 Å². The minimum atomic E-state index is 0.217. The summed E-state index contributed by atoms with van der Waals surface area (Å²) in [6.45, 7) is 7.58. The summed E-state index contributed by atoms with van der Waals surface area (Å²) in [6, 6.07) is 10.6. The van der Waals surface area contributed by atoms with Crippen molar-refractivity contribution in [2.24, 2.45) is 4.99 Å². The highest BCUT2D eigenvalue weighted by Gasteiger charge is 2.25. The average Bonchev–Trinajstić information content (AvgIpc) is 3.36. The van der Waals surface area contributed by atoms with Gasteiger partial charge in [-0.05, 0) is 18.9 Å². The van der Waals surface area contributed by atoms with Crippen LogP contribution in [0, 0.1) is 0 Å². The average molecular weight is 383 g/mol. The zero-order valence-electron chi connectivity index (χ0n) is 16.8. The van der Waals surface area contributed by atoms with E-state index >= 15 is 0 Å². The van der Waals surface area contributed by atoms with E-state index in [1.807, 2.05) is 42.4 Å². The Bertz CT molecular complexity index is 785. The molecular weight excluding hydrogens is 352 g/mol. The maximum atomic E-state index is 11.9. The van der Waals surface area contributed by atoms with Crippen LogP contribution in [0.15, 0.2) is 47.7 Å². The number of carbonyl (C=O) groups excluding carboxylic acids is 1. The molecule has 0 spiro atoms. The smallest absolute Gasteiger partial charge is 0.222 e. The van der Waals surface area contributed by atoms with E-state index in [0.717, 1.165) is 44.4 Å². The SMILES string of the molecule is CCNC(=NCc1nccn1Cc1ccccc1)NC1CCN(C(=O)CC)C1. The Balaban J connectivity index is 1.61. The Morgan fingerprint density at radius 2 is 2.11 bits per heavy atom. The lowest BCUT2D eigenvalue weighted by atomic mass is 10.2. The first kappa shape index (κ1) is 19.9. The molecule has 28 heavy (non-hydrogen) atoms. The number of nitrogens with one attached hydrogen (secondary N) is 2. The second-order valence-electron chi connectivity index (χ2n) is 6.98. The zero-order valence-corrected chi connectivity index (χ0v) is 16.8. The summed E-state index contributed by atoms with van der Waals surface area (Å²) in [4.78, 5) is 23.0. The van der Waals surface area contributed by atoms with Crippen LogP contribution in [0.3, 0.4) is 0 Å². The van der Waals surface area contributed by atoms with Crippen molar-refractivity contribution in [2.75, 3.05) is 19.6 Å². The molecule has 1 saturated heterocycles. The number of benzene rings is 1. The monoisotopic (exact) mass is 382 g/mol. The van der Waals surface area contributed by atoms with Crippen LogP contribution in [-0.4, -0.2) is 52.0 Å². The Morgan fingerprint density at radius 3 is 2.86 bits per heavy atom. The lowest BCUT2D eigenvalue weighted by molar-refractivity contribution is -0.129. The van der Waals surface area contributed by atoms with Crippen LogP contribution in [0.5, 0.6) is 0 Å². The van der Waals surface area contributed by atoms with Gasteiger partial charge in [-0.3, -0.25) is 4.79 Å². The van der Waals surface area contributed by atoms with Crippen molar-refractivity contribution in [3.8, 4) is 0 Å². The summed E-state index contributed by atoms with van der Waals surface area (Å²) in [6.07, 6.45) is 5.31. The fourth-order valence-corrected chi connectivity index (χ4v) is 3.41. The molecule has 1 aliphatic rings. The summed E-state index contributed by atoms with van der Waals surface area (Å²) >= 11 is 0. The predicted molar refractivity (Wildman–Crippen MR) is 111 cm³/mol. The number of amides is 1. The van der Waals surface area contributed by atoms with Crippen molar-refractivity contribution < 1.29 is 4.79 Å². The second-order valence-corrected chi connectivity index (χ2v) is 6.98. The van der Waals surface area contributed by atoms with Gasteiger partial charge < -0.3 is 20.1 Å². The lowest BCUT2D eigenvalue weighted by Gasteiger charge is -2.18. The third-order valence-corrected chi connectivity index (χ3v) is 4.90.